The van der Waals surface area contributed by atoms with Gasteiger partial charge in [-0.05, 0) is 31.5 Å². The zero-order valence-corrected chi connectivity index (χ0v) is 11.8. The number of nitrogens with zero attached hydrogens (tertiary/aromatic N) is 2. The van der Waals surface area contributed by atoms with Crippen molar-refractivity contribution in [3.8, 4) is 0 Å². The second-order valence-corrected chi connectivity index (χ2v) is 5.27. The van der Waals surface area contributed by atoms with Crippen molar-refractivity contribution in [1.82, 2.24) is 15.1 Å². The molecule has 0 aliphatic rings. The lowest BCUT2D eigenvalue weighted by molar-refractivity contribution is 0.423. The van der Waals surface area contributed by atoms with Gasteiger partial charge in [0.15, 0.2) is 0 Å². The maximum Gasteiger partial charge on any atom is 0.134 e. The largest absolute Gasteiger partial charge is 0.460 e. The van der Waals surface area contributed by atoms with Gasteiger partial charge < -0.3 is 9.73 Å². The van der Waals surface area contributed by atoms with Gasteiger partial charge in [-0.2, -0.15) is 5.10 Å². The van der Waals surface area contributed by atoms with E-state index in [0.29, 0.717) is 6.04 Å². The molecule has 4 nitrogen and oxygen atoms in total. The Labute approximate surface area is 118 Å². The van der Waals surface area contributed by atoms with Crippen molar-refractivity contribution < 1.29 is 4.42 Å². The van der Waals surface area contributed by atoms with E-state index in [9.17, 15) is 0 Å². The molecule has 1 atom stereocenters. The molecule has 3 rings (SSSR count). The number of fused-ring (bicyclic) bond motifs is 1. The predicted octanol–water partition coefficient (Wildman–Crippen LogP) is 3.12. The summed E-state index contributed by atoms with van der Waals surface area (Å²) in [5, 5.41) is 8.91. The van der Waals surface area contributed by atoms with Crippen molar-refractivity contribution in [3.63, 3.8) is 0 Å². The van der Waals surface area contributed by atoms with E-state index in [1.54, 1.807) is 0 Å². The molecule has 1 N–H and O–H groups in total. The minimum atomic E-state index is 0.336. The van der Waals surface area contributed by atoms with Gasteiger partial charge in [-0.25, -0.2) is 0 Å². The van der Waals surface area contributed by atoms with E-state index >= 15 is 0 Å². The summed E-state index contributed by atoms with van der Waals surface area (Å²) in [6, 6.07) is 10.5. The molecule has 0 radical (unpaired) electrons. The average molecular weight is 269 g/mol. The van der Waals surface area contributed by atoms with Crippen molar-refractivity contribution in [3.05, 3.63) is 54.0 Å². The third kappa shape index (κ3) is 2.91. The third-order valence-corrected chi connectivity index (χ3v) is 3.32. The van der Waals surface area contributed by atoms with Crippen molar-refractivity contribution in [2.75, 3.05) is 0 Å². The second-order valence-electron chi connectivity index (χ2n) is 5.27. The zero-order chi connectivity index (χ0) is 13.9. The van der Waals surface area contributed by atoms with Crippen LogP contribution in [0.3, 0.4) is 0 Å². The first kappa shape index (κ1) is 12.9. The smallest absolute Gasteiger partial charge is 0.134 e. The summed E-state index contributed by atoms with van der Waals surface area (Å²) in [7, 11) is 0. The predicted molar refractivity (Wildman–Crippen MR) is 79.5 cm³/mol. The Hall–Kier alpha value is -2.07. The van der Waals surface area contributed by atoms with E-state index in [0.717, 1.165) is 29.8 Å². The number of aromatic nitrogens is 2. The Morgan fingerprint density at radius 3 is 2.95 bits per heavy atom. The molecule has 0 saturated carbocycles. The molecule has 0 saturated heterocycles. The number of aryl methyl sites for hydroxylation is 1. The van der Waals surface area contributed by atoms with Crippen LogP contribution in [0.2, 0.25) is 0 Å². The first-order chi connectivity index (χ1) is 9.70. The molecule has 0 fully saturated rings. The Kier molecular flexibility index (Phi) is 3.56. The van der Waals surface area contributed by atoms with Crippen LogP contribution in [-0.4, -0.2) is 15.8 Å². The van der Waals surface area contributed by atoms with Crippen molar-refractivity contribution in [2.45, 2.75) is 33.0 Å². The SMILES string of the molecule is Cc1cnn(CC(C)NCc2cc3ccccc3o2)c1. The quantitative estimate of drug-likeness (QED) is 0.774. The summed E-state index contributed by atoms with van der Waals surface area (Å²) in [5.41, 5.74) is 2.13. The maximum atomic E-state index is 5.79. The lowest BCUT2D eigenvalue weighted by atomic mass is 10.2. The van der Waals surface area contributed by atoms with Gasteiger partial charge in [0.05, 0.1) is 19.3 Å². The van der Waals surface area contributed by atoms with E-state index in [1.807, 2.05) is 29.1 Å². The summed E-state index contributed by atoms with van der Waals surface area (Å²) in [6.07, 6.45) is 3.94. The molecule has 0 amide bonds. The van der Waals surface area contributed by atoms with E-state index in [2.05, 4.69) is 42.6 Å². The summed E-state index contributed by atoms with van der Waals surface area (Å²) < 4.78 is 7.75. The fraction of sp³-hybridized carbons (Fsp3) is 0.312. The highest BCUT2D eigenvalue weighted by Gasteiger charge is 2.07. The van der Waals surface area contributed by atoms with Crippen LogP contribution in [0, 0.1) is 6.92 Å². The van der Waals surface area contributed by atoms with Crippen molar-refractivity contribution >= 4 is 11.0 Å². The Morgan fingerprint density at radius 2 is 2.20 bits per heavy atom. The van der Waals surface area contributed by atoms with Gasteiger partial charge in [0.1, 0.15) is 11.3 Å². The molecule has 0 bridgehead atoms. The molecule has 3 aromatic rings. The Morgan fingerprint density at radius 1 is 1.35 bits per heavy atom. The number of hydrogen-bond acceptors (Lipinski definition) is 3. The fourth-order valence-electron chi connectivity index (χ4n) is 2.31. The van der Waals surface area contributed by atoms with Crippen LogP contribution in [0.25, 0.3) is 11.0 Å². The second kappa shape index (κ2) is 5.51. The standard InChI is InChI=1S/C16H19N3O/c1-12-8-18-19(10-12)11-13(2)17-9-15-7-14-5-3-4-6-16(14)20-15/h3-8,10,13,17H,9,11H2,1-2H3. The lowest BCUT2D eigenvalue weighted by Crippen LogP contribution is -2.29. The van der Waals surface area contributed by atoms with Crippen molar-refractivity contribution in [2.24, 2.45) is 0 Å². The molecule has 0 aliphatic carbocycles. The number of para-hydroxylation sites is 1. The average Bonchev–Trinajstić information content (AvgIpc) is 3.02. The van der Waals surface area contributed by atoms with Gasteiger partial charge in [-0.1, -0.05) is 18.2 Å². The molecule has 0 aliphatic heterocycles. The number of benzene rings is 1. The highest BCUT2D eigenvalue weighted by atomic mass is 16.3. The highest BCUT2D eigenvalue weighted by molar-refractivity contribution is 5.77. The van der Waals surface area contributed by atoms with E-state index < -0.39 is 0 Å². The first-order valence-corrected chi connectivity index (χ1v) is 6.90. The minimum Gasteiger partial charge on any atom is -0.460 e. The lowest BCUT2D eigenvalue weighted by Gasteiger charge is -2.12. The topological polar surface area (TPSA) is 43.0 Å². The molecule has 4 heteroatoms. The number of furan rings is 1. The number of rotatable bonds is 5. The van der Waals surface area contributed by atoms with Crippen LogP contribution in [-0.2, 0) is 13.1 Å². The summed E-state index contributed by atoms with van der Waals surface area (Å²) >= 11 is 0. The highest BCUT2D eigenvalue weighted by Crippen LogP contribution is 2.18. The van der Waals surface area contributed by atoms with E-state index in [1.165, 1.54) is 5.56 Å². The molecule has 1 unspecified atom stereocenters. The van der Waals surface area contributed by atoms with Crippen LogP contribution in [0.1, 0.15) is 18.2 Å². The fourth-order valence-corrected chi connectivity index (χ4v) is 2.31. The molecule has 20 heavy (non-hydrogen) atoms. The summed E-state index contributed by atoms with van der Waals surface area (Å²) in [5.74, 6) is 0.967. The Bertz CT molecular complexity index is 665. The third-order valence-electron chi connectivity index (χ3n) is 3.32. The van der Waals surface area contributed by atoms with Crippen molar-refractivity contribution in [1.29, 1.82) is 0 Å². The van der Waals surface area contributed by atoms with Gasteiger partial charge in [0, 0.05) is 17.6 Å². The van der Waals surface area contributed by atoms with E-state index in [4.69, 9.17) is 4.42 Å². The zero-order valence-electron chi connectivity index (χ0n) is 11.8. The first-order valence-electron chi connectivity index (χ1n) is 6.90. The summed E-state index contributed by atoms with van der Waals surface area (Å²) in [6.45, 7) is 5.79. The molecule has 2 heterocycles. The van der Waals surface area contributed by atoms with Gasteiger partial charge in [0.2, 0.25) is 0 Å². The molecule has 0 spiro atoms. The maximum absolute atomic E-state index is 5.79. The van der Waals surface area contributed by atoms with Gasteiger partial charge >= 0.3 is 0 Å². The van der Waals surface area contributed by atoms with Crippen LogP contribution in [0.15, 0.2) is 47.1 Å². The van der Waals surface area contributed by atoms with Crippen LogP contribution in [0.4, 0.5) is 0 Å². The van der Waals surface area contributed by atoms with Gasteiger partial charge in [-0.3, -0.25) is 4.68 Å². The molecular formula is C16H19N3O. The Balaban J connectivity index is 1.58. The van der Waals surface area contributed by atoms with Crippen LogP contribution in [0.5, 0.6) is 0 Å². The molecule has 2 aromatic heterocycles. The monoisotopic (exact) mass is 269 g/mol. The van der Waals surface area contributed by atoms with Crippen LogP contribution < -0.4 is 5.32 Å². The van der Waals surface area contributed by atoms with Gasteiger partial charge in [0.25, 0.3) is 0 Å². The minimum absolute atomic E-state index is 0.336. The van der Waals surface area contributed by atoms with Gasteiger partial charge in [-0.15, -0.1) is 0 Å². The summed E-state index contributed by atoms with van der Waals surface area (Å²) in [4.78, 5) is 0. The number of nitrogens with one attached hydrogen (secondary N) is 1. The van der Waals surface area contributed by atoms with Crippen LogP contribution >= 0.6 is 0 Å². The van der Waals surface area contributed by atoms with E-state index in [-0.39, 0.29) is 0 Å². The normalized spacial score (nSPS) is 12.9. The number of hydrogen-bond donors (Lipinski definition) is 1. The molecular weight excluding hydrogens is 250 g/mol. The molecule has 1 aromatic carbocycles. The molecule has 104 valence electrons.